The largest absolute Gasteiger partial charge is 0.482 e. The molecule has 1 atom stereocenters. The Balaban J connectivity index is 1.33. The number of aryl methyl sites for hydroxylation is 3. The first-order valence-corrected chi connectivity index (χ1v) is 12.9. The summed E-state index contributed by atoms with van der Waals surface area (Å²) < 4.78 is 5.69. The lowest BCUT2D eigenvalue weighted by Crippen LogP contribution is -2.36. The lowest BCUT2D eigenvalue weighted by molar-refractivity contribution is -0.125. The molecule has 3 aromatic rings. The van der Waals surface area contributed by atoms with Gasteiger partial charge in [-0.1, -0.05) is 36.7 Å². The second-order valence-electron chi connectivity index (χ2n) is 9.32. The summed E-state index contributed by atoms with van der Waals surface area (Å²) >= 11 is 6.14. The summed E-state index contributed by atoms with van der Waals surface area (Å²) in [5.41, 5.74) is 10.7. The van der Waals surface area contributed by atoms with E-state index < -0.39 is 5.92 Å². The molecule has 8 nitrogen and oxygen atoms in total. The maximum absolute atomic E-state index is 12.9. The summed E-state index contributed by atoms with van der Waals surface area (Å²) in [7, 11) is 0. The Kier molecular flexibility index (Phi) is 8.53. The molecule has 38 heavy (non-hydrogen) atoms. The average Bonchev–Trinajstić information content (AvgIpc) is 3.30. The number of anilines is 3. The van der Waals surface area contributed by atoms with Crippen LogP contribution in [0.4, 0.5) is 17.1 Å². The van der Waals surface area contributed by atoms with E-state index in [-0.39, 0.29) is 37.3 Å². The minimum absolute atomic E-state index is 0.101. The molecule has 3 amide bonds. The van der Waals surface area contributed by atoms with E-state index in [0.29, 0.717) is 22.1 Å². The van der Waals surface area contributed by atoms with Crippen molar-refractivity contribution in [1.82, 2.24) is 5.43 Å². The molecule has 4 rings (SSSR count). The molecule has 0 bridgehead atoms. The van der Waals surface area contributed by atoms with E-state index >= 15 is 0 Å². The smallest absolute Gasteiger partial charge is 0.262 e. The summed E-state index contributed by atoms with van der Waals surface area (Å²) in [6.07, 6.45) is 1.03. The van der Waals surface area contributed by atoms with Crippen LogP contribution in [0.3, 0.4) is 0 Å². The second kappa shape index (κ2) is 12.0. The van der Waals surface area contributed by atoms with Crippen molar-refractivity contribution >= 4 is 46.4 Å². The number of benzene rings is 3. The highest BCUT2D eigenvalue weighted by atomic mass is 35.5. The van der Waals surface area contributed by atoms with Crippen LogP contribution in [-0.4, -0.2) is 30.9 Å². The van der Waals surface area contributed by atoms with Crippen molar-refractivity contribution in [3.63, 3.8) is 0 Å². The molecule has 0 radical (unpaired) electrons. The summed E-state index contributed by atoms with van der Waals surface area (Å²) in [5, 5.41) is 3.22. The number of amides is 3. The van der Waals surface area contributed by atoms with Gasteiger partial charge in [-0.15, -0.1) is 0 Å². The summed E-state index contributed by atoms with van der Waals surface area (Å²) in [6.45, 7) is 6.12. The number of nitrogens with zero attached hydrogens (tertiary/aromatic N) is 1. The monoisotopic (exact) mass is 534 g/mol. The predicted molar refractivity (Wildman–Crippen MR) is 150 cm³/mol. The van der Waals surface area contributed by atoms with Gasteiger partial charge in [0.15, 0.2) is 6.61 Å². The van der Waals surface area contributed by atoms with Gasteiger partial charge in [0, 0.05) is 29.4 Å². The molecule has 3 aromatic carbocycles. The van der Waals surface area contributed by atoms with Gasteiger partial charge in [0.05, 0.1) is 11.6 Å². The van der Waals surface area contributed by atoms with Crippen molar-refractivity contribution in [1.29, 1.82) is 0 Å². The quantitative estimate of drug-likeness (QED) is 0.334. The topological polar surface area (TPSA) is 99.8 Å². The summed E-state index contributed by atoms with van der Waals surface area (Å²) in [4.78, 5) is 39.5. The van der Waals surface area contributed by atoms with Crippen molar-refractivity contribution < 1.29 is 19.1 Å². The lowest BCUT2D eigenvalue weighted by Gasteiger charge is -2.18. The predicted octanol–water partition coefficient (Wildman–Crippen LogP) is 5.03. The molecular weight excluding hydrogens is 504 g/mol. The fourth-order valence-corrected chi connectivity index (χ4v) is 4.32. The van der Waals surface area contributed by atoms with Gasteiger partial charge in [-0.2, -0.15) is 0 Å². The molecule has 198 valence electrons. The molecule has 0 aromatic heterocycles. The van der Waals surface area contributed by atoms with Crippen molar-refractivity contribution in [2.45, 2.75) is 33.6 Å². The van der Waals surface area contributed by atoms with E-state index in [1.807, 2.05) is 56.3 Å². The highest BCUT2D eigenvalue weighted by Gasteiger charge is 2.35. The van der Waals surface area contributed by atoms with Crippen LogP contribution in [0.2, 0.25) is 5.02 Å². The van der Waals surface area contributed by atoms with Gasteiger partial charge < -0.3 is 15.0 Å². The zero-order chi connectivity index (χ0) is 27.2. The van der Waals surface area contributed by atoms with Crippen molar-refractivity contribution in [3.8, 4) is 5.75 Å². The minimum atomic E-state index is -0.523. The number of hydrogen-bond donors (Lipinski definition) is 3. The zero-order valence-corrected chi connectivity index (χ0v) is 22.4. The van der Waals surface area contributed by atoms with E-state index in [2.05, 4.69) is 23.1 Å². The highest BCUT2D eigenvalue weighted by molar-refractivity contribution is 6.31. The summed E-state index contributed by atoms with van der Waals surface area (Å²) in [5.74, 6) is -0.940. The van der Waals surface area contributed by atoms with Crippen LogP contribution in [0.5, 0.6) is 5.75 Å². The molecule has 1 aliphatic rings. The van der Waals surface area contributed by atoms with Crippen LogP contribution in [-0.2, 0) is 20.8 Å². The molecule has 0 unspecified atom stereocenters. The Morgan fingerprint density at radius 3 is 2.50 bits per heavy atom. The van der Waals surface area contributed by atoms with Crippen molar-refractivity contribution in [2.75, 3.05) is 28.8 Å². The number of hydrogen-bond acceptors (Lipinski definition) is 5. The molecule has 0 aliphatic carbocycles. The van der Waals surface area contributed by atoms with Crippen molar-refractivity contribution in [2.24, 2.45) is 5.92 Å². The average molecular weight is 535 g/mol. The SMILES string of the molecule is CCc1ccc(NC(=O)COc2ccc(Cl)cc2NNC(=O)[C@@H]2CC(=O)N(c3ccc(C)c(C)c3)C2)cc1. The first-order valence-electron chi connectivity index (χ1n) is 12.5. The third-order valence-corrected chi connectivity index (χ3v) is 6.80. The maximum atomic E-state index is 12.9. The number of ether oxygens (including phenoxy) is 1. The summed E-state index contributed by atoms with van der Waals surface area (Å²) in [6, 6.07) is 18.2. The molecule has 1 fully saturated rings. The first kappa shape index (κ1) is 27.0. The van der Waals surface area contributed by atoms with Gasteiger partial charge >= 0.3 is 0 Å². The third-order valence-electron chi connectivity index (χ3n) is 6.56. The van der Waals surface area contributed by atoms with Crippen LogP contribution in [0.25, 0.3) is 0 Å². The van der Waals surface area contributed by atoms with Gasteiger partial charge in [0.25, 0.3) is 5.91 Å². The van der Waals surface area contributed by atoms with Crippen LogP contribution in [0.1, 0.15) is 30.0 Å². The lowest BCUT2D eigenvalue weighted by atomic mass is 10.1. The van der Waals surface area contributed by atoms with Gasteiger partial charge in [-0.05, 0) is 79.4 Å². The van der Waals surface area contributed by atoms with E-state index in [4.69, 9.17) is 16.3 Å². The van der Waals surface area contributed by atoms with E-state index in [9.17, 15) is 14.4 Å². The molecule has 9 heteroatoms. The fraction of sp³-hybridized carbons (Fsp3) is 0.276. The molecule has 0 spiro atoms. The van der Waals surface area contributed by atoms with Gasteiger partial charge in [0.1, 0.15) is 5.75 Å². The number of rotatable bonds is 9. The Morgan fingerprint density at radius 2 is 1.79 bits per heavy atom. The maximum Gasteiger partial charge on any atom is 0.262 e. The van der Waals surface area contributed by atoms with Crippen LogP contribution in [0.15, 0.2) is 60.7 Å². The Morgan fingerprint density at radius 1 is 1.03 bits per heavy atom. The minimum Gasteiger partial charge on any atom is -0.482 e. The normalized spacial score (nSPS) is 14.8. The Labute approximate surface area is 227 Å². The fourth-order valence-electron chi connectivity index (χ4n) is 4.15. The molecule has 1 heterocycles. The number of halogens is 1. The molecule has 1 saturated heterocycles. The van der Waals surface area contributed by atoms with Gasteiger partial charge in [-0.25, -0.2) is 0 Å². The number of carbonyl (C=O) groups is 3. The third kappa shape index (κ3) is 6.63. The second-order valence-corrected chi connectivity index (χ2v) is 9.75. The standard InChI is InChI=1S/C29H31ClN4O4/c1-4-20-6-9-23(10-7-20)31-27(35)17-38-26-12-8-22(30)15-25(26)32-33-29(37)21-14-28(36)34(16-21)24-11-5-18(2)19(3)13-24/h5-13,15,21,32H,4,14,16-17H2,1-3H3,(H,31,35)(H,33,37)/t21-/m1/s1. The van der Waals surface area contributed by atoms with E-state index in [1.54, 1.807) is 23.1 Å². The Bertz CT molecular complexity index is 1340. The van der Waals surface area contributed by atoms with E-state index in [1.165, 1.54) is 5.56 Å². The van der Waals surface area contributed by atoms with Crippen LogP contribution >= 0.6 is 11.6 Å². The Hall–Kier alpha value is -4.04. The first-order chi connectivity index (χ1) is 18.2. The highest BCUT2D eigenvalue weighted by Crippen LogP contribution is 2.29. The van der Waals surface area contributed by atoms with Crippen molar-refractivity contribution in [3.05, 3.63) is 82.4 Å². The van der Waals surface area contributed by atoms with Crippen LogP contribution < -0.4 is 25.8 Å². The van der Waals surface area contributed by atoms with E-state index in [0.717, 1.165) is 23.2 Å². The molecule has 3 N–H and O–H groups in total. The number of hydrazine groups is 1. The molecule has 0 saturated carbocycles. The van der Waals surface area contributed by atoms with Crippen LogP contribution in [0, 0.1) is 19.8 Å². The molecule has 1 aliphatic heterocycles. The number of carbonyl (C=O) groups excluding carboxylic acids is 3. The van der Waals surface area contributed by atoms with Gasteiger partial charge in [-0.3, -0.25) is 25.2 Å². The number of nitrogens with one attached hydrogen (secondary N) is 3. The van der Waals surface area contributed by atoms with Gasteiger partial charge in [0.2, 0.25) is 11.8 Å². The molecular formula is C29H31ClN4O4. The zero-order valence-electron chi connectivity index (χ0n) is 21.6.